The molecule has 0 spiro atoms. The van der Waals surface area contributed by atoms with Crippen molar-refractivity contribution in [1.29, 1.82) is 0 Å². The number of nitro benzene ring substituents is 1. The Morgan fingerprint density at radius 1 is 1.23 bits per heavy atom. The van der Waals surface area contributed by atoms with Gasteiger partial charge in [-0.1, -0.05) is 32.9 Å². The summed E-state index contributed by atoms with van der Waals surface area (Å²) in [5.41, 5.74) is 1.14. The van der Waals surface area contributed by atoms with E-state index in [4.69, 9.17) is 4.43 Å². The summed E-state index contributed by atoms with van der Waals surface area (Å²) in [6.07, 6.45) is 1.01. The van der Waals surface area contributed by atoms with Crippen molar-refractivity contribution < 1.29 is 33.9 Å². The number of aryl methyl sites for hydroxylation is 1. The number of benzene rings is 1. The maximum absolute atomic E-state index is 13.4. The summed E-state index contributed by atoms with van der Waals surface area (Å²) < 4.78 is 7.91. The Labute approximate surface area is 259 Å². The van der Waals surface area contributed by atoms with Gasteiger partial charge in [0, 0.05) is 29.8 Å². The van der Waals surface area contributed by atoms with Crippen molar-refractivity contribution in [3.63, 3.8) is 0 Å². The van der Waals surface area contributed by atoms with Gasteiger partial charge < -0.3 is 19.5 Å². The van der Waals surface area contributed by atoms with Gasteiger partial charge in [0.05, 0.1) is 34.5 Å². The number of carbonyl (C=O) groups excluding carboxylic acids is 2. The van der Waals surface area contributed by atoms with Crippen molar-refractivity contribution in [1.82, 2.24) is 14.3 Å². The third-order valence-electron chi connectivity index (χ3n) is 9.19. The molecule has 14 heteroatoms. The molecule has 1 unspecified atom stereocenters. The predicted molar refractivity (Wildman–Crippen MR) is 166 cm³/mol. The molecular formula is C30H36N4O8SSi. The van der Waals surface area contributed by atoms with Crippen molar-refractivity contribution in [2.45, 2.75) is 71.3 Å². The number of nitrogens with zero attached hydrogens (tertiary/aromatic N) is 4. The molecule has 2 aliphatic heterocycles. The number of rotatable bonds is 10. The van der Waals surface area contributed by atoms with Crippen LogP contribution in [0.4, 0.5) is 5.69 Å². The van der Waals surface area contributed by atoms with Crippen LogP contribution < -0.4 is 0 Å². The van der Waals surface area contributed by atoms with Crippen LogP contribution in [0.25, 0.3) is 10.4 Å². The number of ketones is 1. The summed E-state index contributed by atoms with van der Waals surface area (Å²) in [6.45, 7) is 13.5. The number of hydrogen-bond donors (Lipinski definition) is 2. The molecular weight excluding hydrogens is 605 g/mol. The SMILES string of the molecule is Cc1nc(C(=O)CO[Si](C)(C)C(C)(C)C)c2sc(C3=C(C(=O)O)N4C(=O)[C@H]([C@@H](C)O)[C@H]4C3Cc3ccc([N+](=O)[O-])cc3)cn12. The van der Waals surface area contributed by atoms with Gasteiger partial charge in [-0.25, -0.2) is 9.78 Å². The van der Waals surface area contributed by atoms with E-state index in [1.165, 1.54) is 35.3 Å². The number of aliphatic hydroxyl groups is 1. The molecule has 12 nitrogen and oxygen atoms in total. The molecule has 1 aromatic carbocycles. The number of carbonyl (C=O) groups is 3. The van der Waals surface area contributed by atoms with Gasteiger partial charge in [0.25, 0.3) is 5.69 Å². The number of β-lactam (4-membered cyclic amide) rings is 1. The number of fused-ring (bicyclic) bond motifs is 2. The Morgan fingerprint density at radius 3 is 2.41 bits per heavy atom. The number of Topliss-reactive ketones (excluding diaryl/α,β-unsaturated/α-hetero) is 1. The number of hydrogen-bond acceptors (Lipinski definition) is 9. The normalized spacial score (nSPS) is 21.0. The fourth-order valence-electron chi connectivity index (χ4n) is 5.80. The topological polar surface area (TPSA) is 165 Å². The first-order chi connectivity index (χ1) is 20.4. The summed E-state index contributed by atoms with van der Waals surface area (Å²) in [6, 6.07) is 5.39. The number of nitro groups is 1. The first-order valence-corrected chi connectivity index (χ1v) is 18.0. The Morgan fingerprint density at radius 2 is 1.86 bits per heavy atom. The van der Waals surface area contributed by atoms with Gasteiger partial charge in [0.15, 0.2) is 8.32 Å². The van der Waals surface area contributed by atoms with Crippen molar-refractivity contribution in [2.24, 2.45) is 11.8 Å². The Hall–Kier alpha value is -3.72. The van der Waals surface area contributed by atoms with Crippen molar-refractivity contribution >= 4 is 53.4 Å². The van der Waals surface area contributed by atoms with Gasteiger partial charge in [-0.15, -0.1) is 11.3 Å². The number of amides is 1. The summed E-state index contributed by atoms with van der Waals surface area (Å²) in [7, 11) is -2.21. The number of carboxylic acids is 1. The molecule has 0 saturated carbocycles. The fraction of sp³-hybridized carbons (Fsp3) is 0.467. The summed E-state index contributed by atoms with van der Waals surface area (Å²) in [5.74, 6) is -2.81. The van der Waals surface area contributed by atoms with Gasteiger partial charge in [-0.3, -0.25) is 24.1 Å². The number of aliphatic hydroxyl groups excluding tert-OH is 1. The summed E-state index contributed by atoms with van der Waals surface area (Å²) in [5, 5.41) is 31.9. The van der Waals surface area contributed by atoms with Gasteiger partial charge in [-0.05, 0) is 44.0 Å². The van der Waals surface area contributed by atoms with E-state index in [0.717, 1.165) is 0 Å². The van der Waals surface area contributed by atoms with Crippen LogP contribution in [0.5, 0.6) is 0 Å². The summed E-state index contributed by atoms with van der Waals surface area (Å²) in [4.78, 5) is 56.8. The highest BCUT2D eigenvalue weighted by Gasteiger charge is 2.61. The molecule has 2 aliphatic rings. The third kappa shape index (κ3) is 5.19. The van der Waals surface area contributed by atoms with E-state index in [0.29, 0.717) is 26.7 Å². The lowest BCUT2D eigenvalue weighted by Gasteiger charge is -2.47. The third-order valence-corrected chi connectivity index (χ3v) is 14.8. The zero-order valence-electron chi connectivity index (χ0n) is 25.7. The zero-order chi connectivity index (χ0) is 32.5. The van der Waals surface area contributed by atoms with Crippen LogP contribution in [0, 0.1) is 28.9 Å². The Bertz CT molecular complexity index is 1720. The molecule has 1 amide bonds. The minimum atomic E-state index is -2.21. The zero-order valence-corrected chi connectivity index (χ0v) is 27.5. The van der Waals surface area contributed by atoms with Gasteiger partial charge in [0.2, 0.25) is 11.7 Å². The van der Waals surface area contributed by atoms with Crippen LogP contribution in [0.1, 0.15) is 54.4 Å². The average molecular weight is 641 g/mol. The van der Waals surface area contributed by atoms with Gasteiger partial charge in [0.1, 0.15) is 22.0 Å². The van der Waals surface area contributed by atoms with Crippen LogP contribution in [-0.4, -0.2) is 74.2 Å². The number of aliphatic carboxylic acids is 1. The second-order valence-electron chi connectivity index (χ2n) is 13.0. The molecule has 4 heterocycles. The monoisotopic (exact) mass is 640 g/mol. The van der Waals surface area contributed by atoms with Crippen molar-refractivity contribution in [3.8, 4) is 0 Å². The molecule has 2 aromatic heterocycles. The van der Waals surface area contributed by atoms with Crippen LogP contribution in [-0.2, 0) is 20.4 Å². The molecule has 44 heavy (non-hydrogen) atoms. The average Bonchev–Trinajstić information content (AvgIpc) is 3.56. The van der Waals surface area contributed by atoms with Crippen LogP contribution in [0.15, 0.2) is 36.2 Å². The fourth-order valence-corrected chi connectivity index (χ4v) is 7.99. The van der Waals surface area contributed by atoms with Crippen molar-refractivity contribution in [3.05, 3.63) is 68.2 Å². The second-order valence-corrected chi connectivity index (χ2v) is 18.9. The molecule has 0 aliphatic carbocycles. The maximum atomic E-state index is 13.4. The van der Waals surface area contributed by atoms with Gasteiger partial charge >= 0.3 is 5.97 Å². The largest absolute Gasteiger partial charge is 0.477 e. The Balaban J connectivity index is 1.57. The summed E-state index contributed by atoms with van der Waals surface area (Å²) >= 11 is 1.22. The highest BCUT2D eigenvalue weighted by Crippen LogP contribution is 2.53. The van der Waals surface area contributed by atoms with Crippen LogP contribution >= 0.6 is 11.3 Å². The molecule has 0 radical (unpaired) electrons. The van der Waals surface area contributed by atoms with Gasteiger partial charge in [-0.2, -0.15) is 0 Å². The molecule has 0 bridgehead atoms. The van der Waals surface area contributed by atoms with E-state index in [1.807, 2.05) is 0 Å². The van der Waals surface area contributed by atoms with Crippen LogP contribution in [0.3, 0.4) is 0 Å². The maximum Gasteiger partial charge on any atom is 0.352 e. The predicted octanol–water partition coefficient (Wildman–Crippen LogP) is 4.69. The molecule has 234 valence electrons. The number of non-ortho nitro benzene ring substituents is 1. The first-order valence-electron chi connectivity index (χ1n) is 14.3. The molecule has 4 atom stereocenters. The van der Waals surface area contributed by atoms with E-state index in [-0.39, 0.29) is 40.9 Å². The number of thiazole rings is 1. The lowest BCUT2D eigenvalue weighted by Crippen LogP contribution is -2.64. The standard InChI is InChI=1S/C30H36N4O8SSi/c1-15(35)22-25-19(12-17-8-10-18(11-9-17)34(40)41)23(26(29(38)39)33(25)27(22)37)21-13-32-16(2)31-24(28(32)43-21)20(36)14-42-44(6,7)30(3,4)5/h8-11,13,15,19,22,25,35H,12,14H2,1-7H3,(H,38,39)/t15-,19?,22-,25-/m1/s1. The van der Waals surface area contributed by atoms with E-state index in [2.05, 4.69) is 38.8 Å². The minimum absolute atomic E-state index is 0.0735. The highest BCUT2D eigenvalue weighted by molar-refractivity contribution is 7.18. The smallest absolute Gasteiger partial charge is 0.352 e. The van der Waals surface area contributed by atoms with E-state index in [1.54, 1.807) is 29.7 Å². The Kier molecular flexibility index (Phi) is 7.93. The van der Waals surface area contributed by atoms with E-state index < -0.39 is 49.1 Å². The minimum Gasteiger partial charge on any atom is -0.477 e. The van der Waals surface area contributed by atoms with Crippen LogP contribution in [0.2, 0.25) is 18.1 Å². The second kappa shape index (κ2) is 11.0. The molecule has 5 rings (SSSR count). The lowest BCUT2D eigenvalue weighted by molar-refractivity contribution is -0.384. The van der Waals surface area contributed by atoms with E-state index >= 15 is 0 Å². The molecule has 3 aromatic rings. The lowest BCUT2D eigenvalue weighted by atomic mass is 9.74. The number of imidazole rings is 1. The molecule has 2 N–H and O–H groups in total. The number of aromatic nitrogens is 2. The molecule has 1 saturated heterocycles. The highest BCUT2D eigenvalue weighted by atomic mass is 32.1. The van der Waals surface area contributed by atoms with E-state index in [9.17, 15) is 34.7 Å². The number of carboxylic acid groups (broad SMARTS) is 1. The first kappa shape index (κ1) is 31.7. The molecule has 1 fully saturated rings. The van der Waals surface area contributed by atoms with Crippen molar-refractivity contribution in [2.75, 3.05) is 6.61 Å². The quantitative estimate of drug-likeness (QED) is 0.105.